The Morgan fingerprint density at radius 3 is 1.70 bits per heavy atom. The Kier molecular flexibility index (Phi) is 6.54. The monoisotopic (exact) mass is 341 g/mol. The second-order valence-corrected chi connectivity index (χ2v) is 5.28. The normalized spacial score (nSPS) is 11.0. The van der Waals surface area contributed by atoms with E-state index in [1.807, 2.05) is 6.08 Å². The molecule has 2 aromatic carbocycles. The Bertz CT molecular complexity index is 750. The van der Waals surface area contributed by atoms with Gasteiger partial charge in [0.1, 0.15) is 17.2 Å². The molecule has 9 heteroatoms. The van der Waals surface area contributed by atoms with Gasteiger partial charge in [0.2, 0.25) is 0 Å². The predicted octanol–water partition coefficient (Wildman–Crippen LogP) is 1.65. The third-order valence-electron chi connectivity index (χ3n) is 2.41. The molecular formula is C14H15NO7S. The highest BCUT2D eigenvalue weighted by molar-refractivity contribution is 7.80. The Labute approximate surface area is 132 Å². The molecule has 0 fully saturated rings. The average Bonchev–Trinajstić information content (AvgIpc) is 2.46. The molecule has 124 valence electrons. The maximum atomic E-state index is 9.30. The number of phenolic OH excluding ortho intramolecular Hbond substituents is 3. The lowest BCUT2D eigenvalue weighted by molar-refractivity contribution is 0.277. The molecule has 2 aromatic rings. The van der Waals surface area contributed by atoms with Gasteiger partial charge in [0, 0.05) is 6.07 Å². The van der Waals surface area contributed by atoms with E-state index in [1.165, 1.54) is 6.07 Å². The topological polar surface area (TPSA) is 150 Å². The lowest BCUT2D eigenvalue weighted by Gasteiger charge is -1.98. The molecule has 0 heterocycles. The molecule has 2 rings (SSSR count). The molecular weight excluding hydrogens is 326 g/mol. The molecule has 0 aliphatic rings. The summed E-state index contributed by atoms with van der Waals surface area (Å²) in [6, 6.07) is 11.1. The van der Waals surface area contributed by atoms with E-state index < -0.39 is 10.4 Å². The molecule has 0 amide bonds. The lowest BCUT2D eigenvalue weighted by atomic mass is 10.1. The standard InChI is InChI=1S/C14H12O3.H3NO4S/c15-12-5-3-10(4-6-12)1-2-11-7-13(16)9-14(17)8-11;1-5-6(2,3)4/h1-9,15-17H;1H2,(H,2,3,4)/b2-1+;. The fraction of sp³-hybridized carbons (Fsp3) is 0. The van der Waals surface area contributed by atoms with Crippen LogP contribution in [-0.2, 0) is 14.7 Å². The van der Waals surface area contributed by atoms with Crippen molar-refractivity contribution in [2.45, 2.75) is 0 Å². The van der Waals surface area contributed by atoms with Gasteiger partial charge in [0.05, 0.1) is 0 Å². The number of hydrogen-bond acceptors (Lipinski definition) is 7. The summed E-state index contributed by atoms with van der Waals surface area (Å²) in [5.41, 5.74) is 1.63. The first kappa shape index (κ1) is 18.5. The summed E-state index contributed by atoms with van der Waals surface area (Å²) in [6.45, 7) is 0. The third-order valence-corrected chi connectivity index (χ3v) is 2.65. The van der Waals surface area contributed by atoms with Gasteiger partial charge in [0.15, 0.2) is 0 Å². The van der Waals surface area contributed by atoms with Gasteiger partial charge in [-0.25, -0.2) is 0 Å². The SMILES string of the molecule is NOS(=O)(=O)O.Oc1ccc(/C=C/c2cc(O)cc(O)c2)cc1. The van der Waals surface area contributed by atoms with Gasteiger partial charge in [-0.05, 0) is 35.4 Å². The quantitative estimate of drug-likeness (QED) is 0.321. The Morgan fingerprint density at radius 2 is 1.26 bits per heavy atom. The minimum Gasteiger partial charge on any atom is -0.508 e. The van der Waals surface area contributed by atoms with Crippen LogP contribution in [0.25, 0.3) is 12.2 Å². The van der Waals surface area contributed by atoms with Gasteiger partial charge in [-0.15, -0.1) is 0 Å². The van der Waals surface area contributed by atoms with Crippen LogP contribution in [-0.4, -0.2) is 28.3 Å². The van der Waals surface area contributed by atoms with E-state index in [-0.39, 0.29) is 17.2 Å². The van der Waals surface area contributed by atoms with Crippen LogP contribution in [0, 0.1) is 0 Å². The van der Waals surface area contributed by atoms with Crippen LogP contribution in [0.1, 0.15) is 11.1 Å². The molecule has 0 spiro atoms. The van der Waals surface area contributed by atoms with E-state index >= 15 is 0 Å². The molecule has 8 nitrogen and oxygen atoms in total. The fourth-order valence-corrected chi connectivity index (χ4v) is 1.49. The van der Waals surface area contributed by atoms with Crippen LogP contribution in [0.3, 0.4) is 0 Å². The number of phenols is 3. The second-order valence-electron chi connectivity index (χ2n) is 4.23. The third kappa shape index (κ3) is 7.83. The summed E-state index contributed by atoms with van der Waals surface area (Å²) in [4.78, 5) is 0. The van der Waals surface area contributed by atoms with E-state index in [0.717, 1.165) is 5.56 Å². The summed E-state index contributed by atoms with van der Waals surface area (Å²) in [6.07, 6.45) is 3.60. The van der Waals surface area contributed by atoms with Gasteiger partial charge < -0.3 is 15.3 Å². The fourth-order valence-electron chi connectivity index (χ4n) is 1.49. The van der Waals surface area contributed by atoms with Gasteiger partial charge in [-0.3, -0.25) is 4.55 Å². The van der Waals surface area contributed by atoms with Crippen molar-refractivity contribution in [2.24, 2.45) is 5.90 Å². The number of hydrogen-bond donors (Lipinski definition) is 5. The van der Waals surface area contributed by atoms with Crippen LogP contribution in [0.2, 0.25) is 0 Å². The minimum atomic E-state index is -4.38. The molecule has 0 bridgehead atoms. The molecule has 0 unspecified atom stereocenters. The number of benzene rings is 2. The van der Waals surface area contributed by atoms with Crippen molar-refractivity contribution < 1.29 is 32.6 Å². The first-order chi connectivity index (χ1) is 10.7. The predicted molar refractivity (Wildman–Crippen MR) is 83.6 cm³/mol. The van der Waals surface area contributed by atoms with E-state index in [2.05, 4.69) is 10.2 Å². The van der Waals surface area contributed by atoms with E-state index in [4.69, 9.17) is 9.66 Å². The Morgan fingerprint density at radius 1 is 0.826 bits per heavy atom. The first-order valence-corrected chi connectivity index (χ1v) is 7.42. The summed E-state index contributed by atoms with van der Waals surface area (Å²) in [7, 11) is -4.38. The van der Waals surface area contributed by atoms with Crippen LogP contribution in [0.4, 0.5) is 0 Å². The zero-order valence-electron chi connectivity index (χ0n) is 11.7. The summed E-state index contributed by atoms with van der Waals surface area (Å²) in [5.74, 6) is 4.23. The molecule has 0 aliphatic carbocycles. The number of aromatic hydroxyl groups is 3. The average molecular weight is 341 g/mol. The smallest absolute Gasteiger partial charge is 0.413 e. The zero-order valence-corrected chi connectivity index (χ0v) is 12.5. The van der Waals surface area contributed by atoms with E-state index in [0.29, 0.717) is 5.56 Å². The maximum absolute atomic E-state index is 9.30. The molecule has 0 radical (unpaired) electrons. The first-order valence-electron chi connectivity index (χ1n) is 6.05. The Balaban J connectivity index is 0.000000379. The van der Waals surface area contributed by atoms with Gasteiger partial charge in [-0.1, -0.05) is 24.3 Å². The van der Waals surface area contributed by atoms with Crippen molar-refractivity contribution in [1.82, 2.24) is 0 Å². The lowest BCUT2D eigenvalue weighted by Crippen LogP contribution is -2.08. The Hall–Kier alpha value is -2.59. The van der Waals surface area contributed by atoms with Gasteiger partial charge in [-0.2, -0.15) is 18.6 Å². The van der Waals surface area contributed by atoms with Crippen molar-refractivity contribution >= 4 is 22.6 Å². The number of rotatable bonds is 3. The van der Waals surface area contributed by atoms with Crippen LogP contribution in [0.15, 0.2) is 42.5 Å². The largest absolute Gasteiger partial charge is 0.508 e. The van der Waals surface area contributed by atoms with E-state index in [1.54, 1.807) is 42.5 Å². The summed E-state index contributed by atoms with van der Waals surface area (Å²) < 4.78 is 28.8. The van der Waals surface area contributed by atoms with Crippen LogP contribution < -0.4 is 5.90 Å². The van der Waals surface area contributed by atoms with E-state index in [9.17, 15) is 18.6 Å². The minimum absolute atomic E-state index is 0.0235. The molecule has 0 aromatic heterocycles. The summed E-state index contributed by atoms with van der Waals surface area (Å²) >= 11 is 0. The van der Waals surface area contributed by atoms with Crippen molar-refractivity contribution in [1.29, 1.82) is 0 Å². The zero-order chi connectivity index (χ0) is 17.5. The highest BCUT2D eigenvalue weighted by Crippen LogP contribution is 2.22. The van der Waals surface area contributed by atoms with Crippen molar-refractivity contribution in [3.8, 4) is 17.2 Å². The van der Waals surface area contributed by atoms with Crippen LogP contribution in [0.5, 0.6) is 17.2 Å². The molecule has 6 N–H and O–H groups in total. The second kappa shape index (κ2) is 8.15. The molecule has 0 atom stereocenters. The molecule has 0 saturated carbocycles. The van der Waals surface area contributed by atoms with Gasteiger partial charge in [0.25, 0.3) is 0 Å². The summed E-state index contributed by atoms with van der Waals surface area (Å²) in [5, 5.41) is 27.7. The van der Waals surface area contributed by atoms with Crippen molar-refractivity contribution in [3.05, 3.63) is 53.6 Å². The molecule has 0 saturated heterocycles. The molecule has 0 aliphatic heterocycles. The maximum Gasteiger partial charge on any atom is 0.413 e. The van der Waals surface area contributed by atoms with Crippen molar-refractivity contribution in [2.75, 3.05) is 0 Å². The number of nitrogens with two attached hydrogens (primary N) is 1. The molecule has 23 heavy (non-hydrogen) atoms. The highest BCUT2D eigenvalue weighted by atomic mass is 32.3. The van der Waals surface area contributed by atoms with Crippen LogP contribution >= 0.6 is 0 Å². The van der Waals surface area contributed by atoms with Crippen molar-refractivity contribution in [3.63, 3.8) is 0 Å². The highest BCUT2D eigenvalue weighted by Gasteiger charge is 1.96. The van der Waals surface area contributed by atoms with Gasteiger partial charge >= 0.3 is 10.4 Å².